The summed E-state index contributed by atoms with van der Waals surface area (Å²) >= 11 is 0. The van der Waals surface area contributed by atoms with Crippen LogP contribution in [0.2, 0.25) is 0 Å². The summed E-state index contributed by atoms with van der Waals surface area (Å²) in [4.78, 5) is 11.8. The van der Waals surface area contributed by atoms with E-state index in [1.165, 1.54) is 0 Å². The second kappa shape index (κ2) is 7.14. The summed E-state index contributed by atoms with van der Waals surface area (Å²) < 4.78 is 10.7. The average molecular weight is 280 g/mol. The Balaban J connectivity index is 2.72. The first-order chi connectivity index (χ1) is 9.31. The Morgan fingerprint density at radius 3 is 2.40 bits per heavy atom. The Hall–Kier alpha value is -1.75. The van der Waals surface area contributed by atoms with Gasteiger partial charge in [0.1, 0.15) is 11.8 Å². The second-order valence-electron chi connectivity index (χ2n) is 5.41. The molecule has 0 saturated heterocycles. The van der Waals surface area contributed by atoms with Crippen molar-refractivity contribution in [3.8, 4) is 0 Å². The second-order valence-corrected chi connectivity index (χ2v) is 5.41. The van der Waals surface area contributed by atoms with E-state index in [1.54, 1.807) is 0 Å². The van der Waals surface area contributed by atoms with E-state index in [9.17, 15) is 4.79 Å². The van der Waals surface area contributed by atoms with Crippen molar-refractivity contribution in [3.05, 3.63) is 24.3 Å². The topological polar surface area (TPSA) is 59.6 Å². The molecule has 0 fully saturated rings. The monoisotopic (exact) mass is 280 g/mol. The van der Waals surface area contributed by atoms with E-state index in [1.807, 2.05) is 58.9 Å². The lowest BCUT2D eigenvalue weighted by Gasteiger charge is -2.21. The molecule has 0 aromatic heterocycles. The molecule has 1 amide bonds. The van der Waals surface area contributed by atoms with E-state index in [4.69, 9.17) is 9.47 Å². The Kier molecular flexibility index (Phi) is 5.82. The fraction of sp³-hybridized carbons (Fsp3) is 0.533. The molecule has 0 heterocycles. The lowest BCUT2D eigenvalue weighted by Crippen LogP contribution is -2.28. The highest BCUT2D eigenvalue weighted by Gasteiger charge is 2.17. The van der Waals surface area contributed by atoms with Crippen LogP contribution < -0.4 is 10.6 Å². The molecule has 5 heteroatoms. The van der Waals surface area contributed by atoms with Crippen molar-refractivity contribution >= 4 is 17.5 Å². The van der Waals surface area contributed by atoms with Gasteiger partial charge < -0.3 is 14.8 Å². The third-order valence-corrected chi connectivity index (χ3v) is 2.34. The molecule has 1 aromatic carbocycles. The number of carbonyl (C=O) groups is 1. The van der Waals surface area contributed by atoms with Gasteiger partial charge in [-0.25, -0.2) is 4.79 Å². The van der Waals surface area contributed by atoms with E-state index in [0.29, 0.717) is 12.3 Å². The molecule has 0 radical (unpaired) electrons. The van der Waals surface area contributed by atoms with Crippen molar-refractivity contribution in [2.75, 3.05) is 17.2 Å². The normalized spacial score (nSPS) is 12.7. The van der Waals surface area contributed by atoms with Crippen molar-refractivity contribution in [1.29, 1.82) is 0 Å². The maximum atomic E-state index is 11.8. The van der Waals surface area contributed by atoms with Crippen LogP contribution in [0.25, 0.3) is 0 Å². The molecule has 112 valence electrons. The highest BCUT2D eigenvalue weighted by atomic mass is 16.6. The van der Waals surface area contributed by atoms with Gasteiger partial charge in [0.25, 0.3) is 0 Å². The SMILES string of the molecule is CCOC(C)Nc1ccccc1NC(=O)OC(C)(C)C. The van der Waals surface area contributed by atoms with Crippen molar-refractivity contribution in [2.24, 2.45) is 0 Å². The predicted octanol–water partition coefficient (Wildman–Crippen LogP) is 3.83. The minimum absolute atomic E-state index is 0.137. The van der Waals surface area contributed by atoms with Crippen molar-refractivity contribution < 1.29 is 14.3 Å². The number of rotatable bonds is 5. The molecule has 20 heavy (non-hydrogen) atoms. The first kappa shape index (κ1) is 16.3. The maximum Gasteiger partial charge on any atom is 0.412 e. The van der Waals surface area contributed by atoms with Gasteiger partial charge in [-0.3, -0.25) is 5.32 Å². The van der Waals surface area contributed by atoms with Crippen LogP contribution in [0.1, 0.15) is 34.6 Å². The van der Waals surface area contributed by atoms with Crippen LogP contribution in [-0.4, -0.2) is 24.5 Å². The Morgan fingerprint density at radius 1 is 1.25 bits per heavy atom. The van der Waals surface area contributed by atoms with Gasteiger partial charge in [-0.1, -0.05) is 12.1 Å². The van der Waals surface area contributed by atoms with Gasteiger partial charge in [-0.15, -0.1) is 0 Å². The van der Waals surface area contributed by atoms with E-state index in [-0.39, 0.29) is 6.23 Å². The number of anilines is 2. The Labute approximate surface area is 120 Å². The molecule has 1 unspecified atom stereocenters. The van der Waals surface area contributed by atoms with Crippen LogP contribution in [0.4, 0.5) is 16.2 Å². The lowest BCUT2D eigenvalue weighted by molar-refractivity contribution is 0.0635. The van der Waals surface area contributed by atoms with Crippen LogP contribution >= 0.6 is 0 Å². The third kappa shape index (κ3) is 5.93. The van der Waals surface area contributed by atoms with Gasteiger partial charge in [0.05, 0.1) is 11.4 Å². The van der Waals surface area contributed by atoms with Crippen molar-refractivity contribution in [3.63, 3.8) is 0 Å². The summed E-state index contributed by atoms with van der Waals surface area (Å²) in [5.41, 5.74) is 0.929. The van der Waals surface area contributed by atoms with Crippen LogP contribution in [0.15, 0.2) is 24.3 Å². The molecule has 0 aliphatic rings. The quantitative estimate of drug-likeness (QED) is 0.805. The molecule has 1 rings (SSSR count). The summed E-state index contributed by atoms with van der Waals surface area (Å²) in [6.45, 7) is 9.95. The van der Waals surface area contributed by atoms with Gasteiger partial charge in [0, 0.05) is 6.61 Å². The van der Waals surface area contributed by atoms with Crippen molar-refractivity contribution in [2.45, 2.75) is 46.4 Å². The van der Waals surface area contributed by atoms with Gasteiger partial charge in [0.15, 0.2) is 0 Å². The summed E-state index contributed by atoms with van der Waals surface area (Å²) in [7, 11) is 0. The summed E-state index contributed by atoms with van der Waals surface area (Å²) in [5.74, 6) is 0. The lowest BCUT2D eigenvalue weighted by atomic mass is 10.2. The molecular formula is C15H24N2O3. The molecule has 0 aliphatic heterocycles. The molecule has 5 nitrogen and oxygen atoms in total. The minimum atomic E-state index is -0.523. The van der Waals surface area contributed by atoms with Gasteiger partial charge in [-0.2, -0.15) is 0 Å². The van der Waals surface area contributed by atoms with E-state index in [0.717, 1.165) is 5.69 Å². The Morgan fingerprint density at radius 2 is 1.85 bits per heavy atom. The fourth-order valence-electron chi connectivity index (χ4n) is 1.64. The first-order valence-corrected chi connectivity index (χ1v) is 6.79. The van der Waals surface area contributed by atoms with Gasteiger partial charge >= 0.3 is 6.09 Å². The Bertz CT molecular complexity index is 441. The van der Waals surface area contributed by atoms with Crippen LogP contribution in [0, 0.1) is 0 Å². The molecule has 1 aromatic rings. The molecule has 0 spiro atoms. The number of nitrogens with one attached hydrogen (secondary N) is 2. The minimum Gasteiger partial charge on any atom is -0.444 e. The van der Waals surface area contributed by atoms with E-state index >= 15 is 0 Å². The van der Waals surface area contributed by atoms with Crippen molar-refractivity contribution in [1.82, 2.24) is 0 Å². The van der Waals surface area contributed by atoms with Gasteiger partial charge in [0.2, 0.25) is 0 Å². The average Bonchev–Trinajstić information content (AvgIpc) is 2.29. The molecule has 0 saturated carbocycles. The highest BCUT2D eigenvalue weighted by molar-refractivity contribution is 5.89. The van der Waals surface area contributed by atoms with Crippen LogP contribution in [0.3, 0.4) is 0 Å². The number of hydrogen-bond acceptors (Lipinski definition) is 4. The zero-order chi connectivity index (χ0) is 15.2. The standard InChI is InChI=1S/C15H24N2O3/c1-6-19-11(2)16-12-9-7-8-10-13(12)17-14(18)20-15(3,4)5/h7-11,16H,6H2,1-5H3,(H,17,18). The van der Waals surface area contributed by atoms with E-state index < -0.39 is 11.7 Å². The zero-order valence-corrected chi connectivity index (χ0v) is 12.8. The summed E-state index contributed by atoms with van der Waals surface area (Å²) in [5, 5.41) is 5.92. The smallest absolute Gasteiger partial charge is 0.412 e. The number of amides is 1. The largest absolute Gasteiger partial charge is 0.444 e. The number of para-hydroxylation sites is 2. The van der Waals surface area contributed by atoms with E-state index in [2.05, 4.69) is 10.6 Å². The number of hydrogen-bond donors (Lipinski definition) is 2. The third-order valence-electron chi connectivity index (χ3n) is 2.34. The van der Waals surface area contributed by atoms with Crippen LogP contribution in [-0.2, 0) is 9.47 Å². The molecule has 1 atom stereocenters. The summed E-state index contributed by atoms with van der Waals surface area (Å²) in [6, 6.07) is 7.43. The fourth-order valence-corrected chi connectivity index (χ4v) is 1.64. The molecule has 2 N–H and O–H groups in total. The maximum absolute atomic E-state index is 11.8. The molecule has 0 bridgehead atoms. The zero-order valence-electron chi connectivity index (χ0n) is 12.8. The number of benzene rings is 1. The molecule has 0 aliphatic carbocycles. The number of carbonyl (C=O) groups excluding carboxylic acids is 1. The van der Waals surface area contributed by atoms with Gasteiger partial charge in [-0.05, 0) is 46.8 Å². The van der Waals surface area contributed by atoms with Crippen LogP contribution in [0.5, 0.6) is 0 Å². The number of ether oxygens (including phenoxy) is 2. The predicted molar refractivity (Wildman–Crippen MR) is 81.0 cm³/mol. The first-order valence-electron chi connectivity index (χ1n) is 6.79. The summed E-state index contributed by atoms with van der Waals surface area (Å²) in [6.07, 6.45) is -0.614. The highest BCUT2D eigenvalue weighted by Crippen LogP contribution is 2.22. The molecular weight excluding hydrogens is 256 g/mol.